The quantitative estimate of drug-likeness (QED) is 0.135. The molecular formula is C25H59NO5P2. The van der Waals surface area contributed by atoms with Crippen LogP contribution in [0.25, 0.3) is 0 Å². The van der Waals surface area contributed by atoms with Crippen LogP contribution in [0.15, 0.2) is 0 Å². The maximum absolute atomic E-state index is 6.41. The van der Waals surface area contributed by atoms with Gasteiger partial charge in [-0.15, -0.1) is 0 Å². The van der Waals surface area contributed by atoms with Gasteiger partial charge in [0.15, 0.2) is 0 Å². The number of hydrogen-bond donors (Lipinski definition) is 0. The van der Waals surface area contributed by atoms with Crippen molar-refractivity contribution < 1.29 is 22.8 Å². The van der Waals surface area contributed by atoms with Crippen LogP contribution in [0.1, 0.15) is 81.1 Å². The van der Waals surface area contributed by atoms with Crippen molar-refractivity contribution >= 4 is 15.4 Å². The Kier molecular flexibility index (Phi) is 21.2. The second kappa shape index (κ2) is 20.8. The third-order valence-electron chi connectivity index (χ3n) is 5.83. The SMILES string of the molecule is CCCO[PH](CC)(CCN(CCOC(C)C)CC[PH](CC)(OCCC)OCCC)OCCC. The van der Waals surface area contributed by atoms with Crippen molar-refractivity contribution in [3.05, 3.63) is 0 Å². The van der Waals surface area contributed by atoms with Gasteiger partial charge in [-0.05, 0) is 0 Å². The molecule has 0 spiro atoms. The molecule has 0 rings (SSSR count). The normalized spacial score (nSPS) is 13.9. The molecule has 0 saturated heterocycles. The molecule has 8 heteroatoms. The summed E-state index contributed by atoms with van der Waals surface area (Å²) in [7, 11) is -4.39. The van der Waals surface area contributed by atoms with Gasteiger partial charge in [0.05, 0.1) is 0 Å². The first-order chi connectivity index (χ1) is 15.9. The van der Waals surface area contributed by atoms with Crippen LogP contribution in [-0.4, -0.2) is 88.3 Å². The Bertz CT molecular complexity index is 395. The molecule has 0 radical (unpaired) electrons. The van der Waals surface area contributed by atoms with E-state index in [1.54, 1.807) is 0 Å². The molecule has 0 aliphatic carbocycles. The Morgan fingerprint density at radius 1 is 0.545 bits per heavy atom. The summed E-state index contributed by atoms with van der Waals surface area (Å²) in [5.41, 5.74) is 0. The van der Waals surface area contributed by atoms with Crippen LogP contribution in [-0.2, 0) is 22.8 Å². The van der Waals surface area contributed by atoms with E-state index in [0.29, 0.717) is 0 Å². The van der Waals surface area contributed by atoms with Crippen LogP contribution in [0.2, 0.25) is 0 Å². The molecule has 0 heterocycles. The van der Waals surface area contributed by atoms with Crippen LogP contribution in [0.5, 0.6) is 0 Å². The second-order valence-corrected chi connectivity index (χ2v) is 16.4. The van der Waals surface area contributed by atoms with E-state index >= 15 is 0 Å². The van der Waals surface area contributed by atoms with Crippen LogP contribution in [0.3, 0.4) is 0 Å². The fraction of sp³-hybridized carbons (Fsp3) is 1.00. The Labute approximate surface area is 207 Å². The average molecular weight is 516 g/mol. The molecule has 0 N–H and O–H groups in total. The molecule has 204 valence electrons. The molecular weight excluding hydrogens is 456 g/mol. The second-order valence-electron chi connectivity index (χ2n) is 9.18. The van der Waals surface area contributed by atoms with Crippen molar-refractivity contribution in [2.75, 3.05) is 77.3 Å². The summed E-state index contributed by atoms with van der Waals surface area (Å²) in [5.74, 6) is 0. The van der Waals surface area contributed by atoms with Crippen LogP contribution in [0.4, 0.5) is 0 Å². The van der Waals surface area contributed by atoms with E-state index in [4.69, 9.17) is 22.8 Å². The van der Waals surface area contributed by atoms with Crippen LogP contribution < -0.4 is 0 Å². The molecule has 0 aromatic heterocycles. The van der Waals surface area contributed by atoms with E-state index in [-0.39, 0.29) is 6.10 Å². The fourth-order valence-electron chi connectivity index (χ4n) is 3.70. The predicted octanol–water partition coefficient (Wildman–Crippen LogP) is 6.62. The molecule has 0 atom stereocenters. The van der Waals surface area contributed by atoms with Gasteiger partial charge in [-0.3, -0.25) is 0 Å². The summed E-state index contributed by atoms with van der Waals surface area (Å²) in [5, 5.41) is 0. The fourth-order valence-corrected chi connectivity index (χ4v) is 9.58. The molecule has 0 bridgehead atoms. The standard InChI is InChI=1S/C25H59NO5P2/c1-9-18-28-32(13-5,29-19-10-2)23-16-26(15-22-27-25(7)8)17-24-33(14-6,30-20-11-3)31-21-12-4/h25,32-33H,9-24H2,1-8H3. The van der Waals surface area contributed by atoms with Crippen molar-refractivity contribution in [3.8, 4) is 0 Å². The maximum atomic E-state index is 6.41. The van der Waals surface area contributed by atoms with Gasteiger partial charge in [0.25, 0.3) is 0 Å². The number of ether oxygens (including phenoxy) is 1. The van der Waals surface area contributed by atoms with Gasteiger partial charge in [0.1, 0.15) is 0 Å². The first kappa shape index (κ1) is 33.6. The Morgan fingerprint density at radius 2 is 0.909 bits per heavy atom. The van der Waals surface area contributed by atoms with Crippen molar-refractivity contribution in [3.63, 3.8) is 0 Å². The molecule has 33 heavy (non-hydrogen) atoms. The Morgan fingerprint density at radius 3 is 1.18 bits per heavy atom. The summed E-state index contributed by atoms with van der Waals surface area (Å²) in [4.78, 5) is 2.53. The van der Waals surface area contributed by atoms with E-state index < -0.39 is 15.4 Å². The zero-order chi connectivity index (χ0) is 25.0. The Hall–Kier alpha value is 0.620. The van der Waals surface area contributed by atoms with E-state index in [1.165, 1.54) is 0 Å². The van der Waals surface area contributed by atoms with E-state index in [1.807, 2.05) is 0 Å². The summed E-state index contributed by atoms with van der Waals surface area (Å²) in [6.45, 7) is 24.1. The zero-order valence-corrected chi connectivity index (χ0v) is 25.4. The van der Waals surface area contributed by atoms with Gasteiger partial charge in [-0.1, -0.05) is 0 Å². The first-order valence-electron chi connectivity index (χ1n) is 13.8. The average Bonchev–Trinajstić information content (AvgIpc) is 2.82. The third-order valence-corrected chi connectivity index (χ3v) is 12.9. The molecule has 0 amide bonds. The zero-order valence-electron chi connectivity index (χ0n) is 23.4. The molecule has 0 aromatic rings. The molecule has 0 fully saturated rings. The molecule has 0 unspecified atom stereocenters. The summed E-state index contributed by atoms with van der Waals surface area (Å²) in [6, 6.07) is 0. The van der Waals surface area contributed by atoms with E-state index in [2.05, 4.69) is 60.3 Å². The van der Waals surface area contributed by atoms with Crippen LogP contribution in [0, 0.1) is 0 Å². The Balaban J connectivity index is 5.32. The minimum absolute atomic E-state index is 0.251. The minimum atomic E-state index is -2.19. The number of nitrogens with zero attached hydrogens (tertiary/aromatic N) is 1. The summed E-state index contributed by atoms with van der Waals surface area (Å²) in [6.07, 6.45) is 8.37. The molecule has 6 nitrogen and oxygen atoms in total. The third kappa shape index (κ3) is 15.4. The monoisotopic (exact) mass is 515 g/mol. The van der Waals surface area contributed by atoms with Crippen LogP contribution >= 0.6 is 15.4 Å². The van der Waals surface area contributed by atoms with Gasteiger partial charge in [-0.2, -0.15) is 0 Å². The van der Waals surface area contributed by atoms with Crippen molar-refractivity contribution in [2.24, 2.45) is 0 Å². The van der Waals surface area contributed by atoms with Gasteiger partial charge < -0.3 is 0 Å². The van der Waals surface area contributed by atoms with Crippen molar-refractivity contribution in [1.82, 2.24) is 4.90 Å². The van der Waals surface area contributed by atoms with Gasteiger partial charge in [0, 0.05) is 0 Å². The molecule has 0 aliphatic heterocycles. The van der Waals surface area contributed by atoms with E-state index in [9.17, 15) is 0 Å². The van der Waals surface area contributed by atoms with Gasteiger partial charge in [0.2, 0.25) is 0 Å². The topological polar surface area (TPSA) is 49.4 Å². The van der Waals surface area contributed by atoms with Gasteiger partial charge in [-0.25, -0.2) is 0 Å². The van der Waals surface area contributed by atoms with Crippen molar-refractivity contribution in [1.29, 1.82) is 0 Å². The number of rotatable bonds is 24. The first-order valence-corrected chi connectivity index (χ1v) is 18.2. The molecule has 0 aromatic carbocycles. The molecule has 0 aliphatic rings. The van der Waals surface area contributed by atoms with Gasteiger partial charge >= 0.3 is 208 Å². The predicted molar refractivity (Wildman–Crippen MR) is 150 cm³/mol. The summed E-state index contributed by atoms with van der Waals surface area (Å²) < 4.78 is 31.6. The van der Waals surface area contributed by atoms with Crippen molar-refractivity contribution in [2.45, 2.75) is 87.2 Å². The number of hydrogen-bond acceptors (Lipinski definition) is 6. The van der Waals surface area contributed by atoms with E-state index in [0.717, 1.165) is 103 Å². The summed E-state index contributed by atoms with van der Waals surface area (Å²) >= 11 is 0. The molecule has 0 saturated carbocycles.